The number of hydrogen-bond acceptors (Lipinski definition) is 4. The smallest absolute Gasteiger partial charge is 0.413 e. The van der Waals surface area contributed by atoms with Gasteiger partial charge in [0.25, 0.3) is 0 Å². The molecule has 1 heterocycles. The molecular weight excluding hydrogens is 222 g/mol. The Bertz CT molecular complexity index is 465. The summed E-state index contributed by atoms with van der Waals surface area (Å²) < 4.78 is 6.47. The van der Waals surface area contributed by atoms with Gasteiger partial charge in [-0.1, -0.05) is 6.92 Å². The molecule has 0 unspecified atom stereocenters. The van der Waals surface area contributed by atoms with Crippen LogP contribution in [0.15, 0.2) is 17.1 Å². The Labute approximate surface area is 99.6 Å². The van der Waals surface area contributed by atoms with Crippen molar-refractivity contribution in [2.75, 3.05) is 5.32 Å². The number of anilines is 1. The first-order valence-electron chi connectivity index (χ1n) is 5.38. The molecule has 0 saturated heterocycles. The highest BCUT2D eigenvalue weighted by molar-refractivity contribution is 5.83. The van der Waals surface area contributed by atoms with E-state index < -0.39 is 17.4 Å². The summed E-state index contributed by atoms with van der Waals surface area (Å²) in [5, 5.41) is 2.41. The third-order valence-electron chi connectivity index (χ3n) is 2.42. The summed E-state index contributed by atoms with van der Waals surface area (Å²) in [6.45, 7) is 5.54. The fourth-order valence-corrected chi connectivity index (χ4v) is 0.988. The van der Waals surface area contributed by atoms with Crippen LogP contribution in [0.1, 0.15) is 27.2 Å². The molecule has 0 fully saturated rings. The van der Waals surface area contributed by atoms with Crippen LogP contribution >= 0.6 is 0 Å². The minimum Gasteiger partial charge on any atom is -0.443 e. The monoisotopic (exact) mass is 239 g/mol. The summed E-state index contributed by atoms with van der Waals surface area (Å²) in [6, 6.07) is 1.53. The molecule has 17 heavy (non-hydrogen) atoms. The Kier molecular flexibility index (Phi) is 3.88. The molecule has 0 spiro atoms. The lowest BCUT2D eigenvalue weighted by Crippen LogP contribution is -2.31. The van der Waals surface area contributed by atoms with Crippen molar-refractivity contribution in [1.29, 1.82) is 0 Å². The van der Waals surface area contributed by atoms with Crippen LogP contribution in [-0.4, -0.2) is 21.2 Å². The van der Waals surface area contributed by atoms with E-state index in [-0.39, 0.29) is 5.82 Å². The number of aryl methyl sites for hydroxylation is 1. The maximum atomic E-state index is 11.5. The first-order valence-corrected chi connectivity index (χ1v) is 5.38. The average molecular weight is 239 g/mol. The molecular formula is C11H17N3O3. The predicted octanol–water partition coefficient (Wildman–Crippen LogP) is 1.52. The van der Waals surface area contributed by atoms with Crippen molar-refractivity contribution >= 4 is 11.9 Å². The highest BCUT2D eigenvalue weighted by Crippen LogP contribution is 2.14. The molecule has 0 aliphatic heterocycles. The Morgan fingerprint density at radius 3 is 2.76 bits per heavy atom. The fourth-order valence-electron chi connectivity index (χ4n) is 0.988. The summed E-state index contributed by atoms with van der Waals surface area (Å²) in [6.07, 6.45) is 1.61. The molecule has 0 aromatic carbocycles. The summed E-state index contributed by atoms with van der Waals surface area (Å²) in [7, 11) is 1.58. The maximum Gasteiger partial charge on any atom is 0.413 e. The van der Waals surface area contributed by atoms with E-state index in [0.717, 1.165) is 0 Å². The largest absolute Gasteiger partial charge is 0.443 e. The number of nitrogens with zero attached hydrogens (tertiary/aromatic N) is 2. The average Bonchev–Trinajstić information content (AvgIpc) is 2.23. The highest BCUT2D eigenvalue weighted by atomic mass is 16.6. The number of ether oxygens (including phenoxy) is 1. The van der Waals surface area contributed by atoms with Gasteiger partial charge in [0.15, 0.2) is 0 Å². The van der Waals surface area contributed by atoms with Crippen molar-refractivity contribution in [2.45, 2.75) is 32.8 Å². The van der Waals surface area contributed by atoms with Crippen LogP contribution in [0, 0.1) is 0 Å². The van der Waals surface area contributed by atoms with Gasteiger partial charge in [0, 0.05) is 13.2 Å². The van der Waals surface area contributed by atoms with E-state index in [1.807, 2.05) is 20.8 Å². The second-order valence-corrected chi connectivity index (χ2v) is 4.33. The summed E-state index contributed by atoms with van der Waals surface area (Å²) >= 11 is 0. The van der Waals surface area contributed by atoms with Crippen molar-refractivity contribution in [3.05, 3.63) is 22.7 Å². The van der Waals surface area contributed by atoms with Crippen molar-refractivity contribution in [1.82, 2.24) is 9.55 Å². The maximum absolute atomic E-state index is 11.5. The van der Waals surface area contributed by atoms with Gasteiger partial charge in [0.2, 0.25) is 0 Å². The van der Waals surface area contributed by atoms with Crippen LogP contribution in [0.3, 0.4) is 0 Å². The fraction of sp³-hybridized carbons (Fsp3) is 0.545. The van der Waals surface area contributed by atoms with Crippen LogP contribution in [0.5, 0.6) is 0 Å². The second-order valence-electron chi connectivity index (χ2n) is 4.33. The quantitative estimate of drug-likeness (QED) is 0.867. The van der Waals surface area contributed by atoms with Crippen LogP contribution in [-0.2, 0) is 11.8 Å². The molecule has 6 nitrogen and oxygen atoms in total. The van der Waals surface area contributed by atoms with E-state index >= 15 is 0 Å². The number of carbonyl (C=O) groups is 1. The molecule has 0 atom stereocenters. The van der Waals surface area contributed by atoms with E-state index in [4.69, 9.17) is 4.74 Å². The zero-order valence-electron chi connectivity index (χ0n) is 10.5. The van der Waals surface area contributed by atoms with Gasteiger partial charge in [-0.2, -0.15) is 4.98 Å². The molecule has 1 N–H and O–H groups in total. The van der Waals surface area contributed by atoms with Gasteiger partial charge < -0.3 is 9.30 Å². The van der Waals surface area contributed by atoms with E-state index in [2.05, 4.69) is 10.3 Å². The molecule has 1 amide bonds. The predicted molar refractivity (Wildman–Crippen MR) is 64.0 cm³/mol. The number of hydrogen-bond donors (Lipinski definition) is 1. The molecule has 1 aromatic rings. The Morgan fingerprint density at radius 2 is 2.24 bits per heavy atom. The Morgan fingerprint density at radius 1 is 1.59 bits per heavy atom. The summed E-state index contributed by atoms with van der Waals surface area (Å²) in [5.41, 5.74) is -0.971. The van der Waals surface area contributed by atoms with Crippen LogP contribution in [0.2, 0.25) is 0 Å². The molecule has 1 aromatic heterocycles. The summed E-state index contributed by atoms with van der Waals surface area (Å²) in [4.78, 5) is 26.4. The lowest BCUT2D eigenvalue weighted by Gasteiger charge is -2.23. The third-order valence-corrected chi connectivity index (χ3v) is 2.42. The molecule has 0 aliphatic carbocycles. The first kappa shape index (κ1) is 13.2. The third kappa shape index (κ3) is 3.90. The van der Waals surface area contributed by atoms with Gasteiger partial charge in [-0.3, -0.25) is 5.32 Å². The molecule has 0 radical (unpaired) electrons. The van der Waals surface area contributed by atoms with E-state index in [1.54, 1.807) is 7.05 Å². The van der Waals surface area contributed by atoms with E-state index in [9.17, 15) is 9.59 Å². The minimum atomic E-state index is -0.613. The topological polar surface area (TPSA) is 73.2 Å². The SMILES string of the molecule is CCC(C)(C)OC(=O)Nc1ccn(C)c(=O)n1. The normalized spacial score (nSPS) is 11.1. The molecule has 0 saturated carbocycles. The molecule has 1 rings (SSSR count). The molecule has 0 aliphatic rings. The lowest BCUT2D eigenvalue weighted by atomic mass is 10.1. The molecule has 94 valence electrons. The van der Waals surface area contributed by atoms with Crippen molar-refractivity contribution in [2.24, 2.45) is 7.05 Å². The van der Waals surface area contributed by atoms with Gasteiger partial charge in [-0.05, 0) is 26.3 Å². The van der Waals surface area contributed by atoms with Gasteiger partial charge in [-0.15, -0.1) is 0 Å². The number of nitrogens with one attached hydrogen (secondary N) is 1. The van der Waals surface area contributed by atoms with Crippen LogP contribution in [0.25, 0.3) is 0 Å². The van der Waals surface area contributed by atoms with Gasteiger partial charge in [0.05, 0.1) is 0 Å². The van der Waals surface area contributed by atoms with Gasteiger partial charge in [0.1, 0.15) is 11.4 Å². The number of aromatic nitrogens is 2. The van der Waals surface area contributed by atoms with E-state index in [1.165, 1.54) is 16.8 Å². The van der Waals surface area contributed by atoms with Crippen LogP contribution < -0.4 is 11.0 Å². The standard InChI is InChI=1S/C11H17N3O3/c1-5-11(2,3)17-10(16)13-8-6-7-14(4)9(15)12-8/h6-7H,5H2,1-4H3,(H,12,13,15,16). The zero-order valence-corrected chi connectivity index (χ0v) is 10.5. The van der Waals surface area contributed by atoms with Crippen molar-refractivity contribution < 1.29 is 9.53 Å². The minimum absolute atomic E-state index is 0.185. The van der Waals surface area contributed by atoms with Gasteiger partial charge >= 0.3 is 11.8 Å². The Balaban J connectivity index is 2.69. The van der Waals surface area contributed by atoms with Gasteiger partial charge in [-0.25, -0.2) is 9.59 Å². The first-order chi connectivity index (χ1) is 7.84. The number of rotatable bonds is 3. The van der Waals surface area contributed by atoms with Crippen molar-refractivity contribution in [3.63, 3.8) is 0 Å². The van der Waals surface area contributed by atoms with Crippen molar-refractivity contribution in [3.8, 4) is 0 Å². The van der Waals surface area contributed by atoms with E-state index in [0.29, 0.717) is 6.42 Å². The highest BCUT2D eigenvalue weighted by Gasteiger charge is 2.20. The second kappa shape index (κ2) is 4.99. The lowest BCUT2D eigenvalue weighted by molar-refractivity contribution is 0.0461. The zero-order chi connectivity index (χ0) is 13.1. The molecule has 6 heteroatoms. The van der Waals surface area contributed by atoms with Crippen LogP contribution in [0.4, 0.5) is 10.6 Å². The molecule has 0 bridgehead atoms. The number of amides is 1. The number of carbonyl (C=O) groups excluding carboxylic acids is 1. The summed E-state index contributed by atoms with van der Waals surface area (Å²) in [5.74, 6) is 0.185. The Hall–Kier alpha value is -1.85.